The standard InChI is InChI=1S/C14H24N4/c1-5-6-10-12(16)11(15)7(2)13-14(10)18-9(4)8(3)17-13/h5-6,8-9,11-12,17-18H,15-16H2,1-4H3/p+1. The second-order valence-corrected chi connectivity index (χ2v) is 5.39. The molecule has 0 bridgehead atoms. The van der Waals surface area contributed by atoms with E-state index in [-0.39, 0.29) is 12.1 Å². The molecule has 4 heteroatoms. The number of quaternary nitrogens is 1. The predicted molar refractivity (Wildman–Crippen MR) is 74.4 cm³/mol. The minimum absolute atomic E-state index is 0.00939. The van der Waals surface area contributed by atoms with Crippen LogP contribution in [0, 0.1) is 0 Å². The lowest BCUT2D eigenvalue weighted by Gasteiger charge is -2.40. The molecular weight excluding hydrogens is 224 g/mol. The fraction of sp³-hybridized carbons (Fsp3) is 0.571. The number of hydrogen-bond donors (Lipinski definition) is 4. The van der Waals surface area contributed by atoms with Crippen LogP contribution in [0.1, 0.15) is 27.7 Å². The molecule has 0 aromatic rings. The third-order valence-electron chi connectivity index (χ3n) is 4.11. The van der Waals surface area contributed by atoms with Crippen molar-refractivity contribution in [1.29, 1.82) is 0 Å². The fourth-order valence-electron chi connectivity index (χ4n) is 2.62. The van der Waals surface area contributed by atoms with Crippen LogP contribution in [0.25, 0.3) is 0 Å². The summed E-state index contributed by atoms with van der Waals surface area (Å²) in [6, 6.07) is 0.900. The van der Waals surface area contributed by atoms with Gasteiger partial charge in [-0.15, -0.1) is 0 Å². The Labute approximate surface area is 109 Å². The number of allylic oxidation sites excluding steroid dienone is 1. The summed E-state index contributed by atoms with van der Waals surface area (Å²) in [7, 11) is 0. The van der Waals surface area contributed by atoms with Crippen LogP contribution in [0.4, 0.5) is 0 Å². The molecule has 2 rings (SSSR count). The maximum atomic E-state index is 6.27. The lowest BCUT2D eigenvalue weighted by atomic mass is 9.84. The van der Waals surface area contributed by atoms with Crippen molar-refractivity contribution in [2.24, 2.45) is 5.73 Å². The highest BCUT2D eigenvalue weighted by molar-refractivity contribution is 5.50. The van der Waals surface area contributed by atoms with E-state index in [0.29, 0.717) is 12.1 Å². The minimum atomic E-state index is -0.00939. The fourth-order valence-corrected chi connectivity index (χ4v) is 2.62. The first-order valence-corrected chi connectivity index (χ1v) is 6.67. The van der Waals surface area contributed by atoms with Gasteiger partial charge in [0, 0.05) is 17.7 Å². The van der Waals surface area contributed by atoms with E-state index in [9.17, 15) is 0 Å². The Kier molecular flexibility index (Phi) is 3.50. The second-order valence-electron chi connectivity index (χ2n) is 5.39. The molecule has 0 amide bonds. The minimum Gasteiger partial charge on any atom is -0.379 e. The van der Waals surface area contributed by atoms with E-state index in [4.69, 9.17) is 5.73 Å². The number of piperazine rings is 1. The zero-order chi connectivity index (χ0) is 13.4. The smallest absolute Gasteiger partial charge is 0.131 e. The highest BCUT2D eigenvalue weighted by Crippen LogP contribution is 2.29. The summed E-state index contributed by atoms with van der Waals surface area (Å²) < 4.78 is 0. The van der Waals surface area contributed by atoms with E-state index >= 15 is 0 Å². The third kappa shape index (κ3) is 1.95. The van der Waals surface area contributed by atoms with Crippen molar-refractivity contribution in [3.63, 3.8) is 0 Å². The molecule has 100 valence electrons. The van der Waals surface area contributed by atoms with Gasteiger partial charge in [-0.25, -0.2) is 0 Å². The van der Waals surface area contributed by atoms with Crippen LogP contribution >= 0.6 is 0 Å². The average Bonchev–Trinajstić information content (AvgIpc) is 2.35. The molecule has 1 saturated heterocycles. The molecule has 0 aromatic carbocycles. The lowest BCUT2D eigenvalue weighted by Crippen LogP contribution is -2.71. The third-order valence-corrected chi connectivity index (χ3v) is 4.11. The summed E-state index contributed by atoms with van der Waals surface area (Å²) in [6.07, 6.45) is 4.17. The van der Waals surface area contributed by atoms with Crippen LogP contribution in [0.3, 0.4) is 0 Å². The second kappa shape index (κ2) is 4.78. The molecule has 4 unspecified atom stereocenters. The highest BCUT2D eigenvalue weighted by atomic mass is 15.1. The van der Waals surface area contributed by atoms with Crippen molar-refractivity contribution in [2.45, 2.75) is 51.9 Å². The number of fused-ring (bicyclic) bond motifs is 1. The van der Waals surface area contributed by atoms with Gasteiger partial charge in [-0.3, -0.25) is 0 Å². The molecule has 0 aromatic heterocycles. The van der Waals surface area contributed by atoms with Crippen LogP contribution in [0.2, 0.25) is 0 Å². The van der Waals surface area contributed by atoms with Crippen LogP contribution < -0.4 is 22.1 Å². The molecule has 0 radical (unpaired) electrons. The first-order valence-electron chi connectivity index (χ1n) is 6.67. The molecular formula is C14H25N4+. The van der Waals surface area contributed by atoms with Crippen molar-refractivity contribution >= 4 is 0 Å². The van der Waals surface area contributed by atoms with E-state index in [1.165, 1.54) is 22.5 Å². The molecule has 2 aliphatic rings. The highest BCUT2D eigenvalue weighted by Gasteiger charge is 2.36. The van der Waals surface area contributed by atoms with Gasteiger partial charge in [-0.05, 0) is 33.3 Å². The zero-order valence-electron chi connectivity index (χ0n) is 11.7. The van der Waals surface area contributed by atoms with Gasteiger partial charge < -0.3 is 22.1 Å². The Bertz CT molecular complexity index is 433. The molecule has 0 saturated carbocycles. The summed E-state index contributed by atoms with van der Waals surface area (Å²) in [5.41, 5.74) is 15.3. The van der Waals surface area contributed by atoms with E-state index < -0.39 is 0 Å². The monoisotopic (exact) mass is 249 g/mol. The van der Waals surface area contributed by atoms with Crippen molar-refractivity contribution in [1.82, 2.24) is 10.6 Å². The number of nitrogens with two attached hydrogens (primary N) is 1. The van der Waals surface area contributed by atoms with Gasteiger partial charge in [0.15, 0.2) is 0 Å². The largest absolute Gasteiger partial charge is 0.379 e. The average molecular weight is 249 g/mol. The van der Waals surface area contributed by atoms with Crippen LogP contribution in [0.15, 0.2) is 34.7 Å². The summed E-state index contributed by atoms with van der Waals surface area (Å²) in [5.74, 6) is 0. The van der Waals surface area contributed by atoms with Crippen molar-refractivity contribution in [3.8, 4) is 0 Å². The van der Waals surface area contributed by atoms with Gasteiger partial charge >= 0.3 is 0 Å². The molecule has 18 heavy (non-hydrogen) atoms. The van der Waals surface area contributed by atoms with Crippen molar-refractivity contribution in [3.05, 3.63) is 34.7 Å². The topological polar surface area (TPSA) is 77.7 Å². The van der Waals surface area contributed by atoms with Gasteiger partial charge in [0.25, 0.3) is 0 Å². The Balaban J connectivity index is 2.52. The SMILES string of the molecule is CC=CC1=C2NC(C)C(C)NC2=C(C)C(N)C1[NH3+]. The molecule has 7 N–H and O–H groups in total. The molecule has 1 heterocycles. The summed E-state index contributed by atoms with van der Waals surface area (Å²) in [4.78, 5) is 0. The summed E-state index contributed by atoms with van der Waals surface area (Å²) >= 11 is 0. The first kappa shape index (κ1) is 13.2. The Hall–Kier alpha value is -1.26. The molecule has 4 atom stereocenters. The van der Waals surface area contributed by atoms with E-state index in [1.54, 1.807) is 0 Å². The number of rotatable bonds is 1. The first-order chi connectivity index (χ1) is 8.47. The van der Waals surface area contributed by atoms with Gasteiger partial charge in [0.05, 0.1) is 17.4 Å². The lowest BCUT2D eigenvalue weighted by molar-refractivity contribution is -0.408. The van der Waals surface area contributed by atoms with Crippen LogP contribution in [-0.4, -0.2) is 24.2 Å². The van der Waals surface area contributed by atoms with E-state index in [0.717, 1.165) is 0 Å². The van der Waals surface area contributed by atoms with E-state index in [2.05, 4.69) is 49.3 Å². The predicted octanol–water partition coefficient (Wildman–Crippen LogP) is 0.0118. The van der Waals surface area contributed by atoms with Crippen molar-refractivity contribution < 1.29 is 5.73 Å². The Morgan fingerprint density at radius 3 is 2.28 bits per heavy atom. The quantitative estimate of drug-likeness (QED) is 0.529. The van der Waals surface area contributed by atoms with Gasteiger partial charge in [-0.1, -0.05) is 12.2 Å². The van der Waals surface area contributed by atoms with Gasteiger partial charge in [-0.2, -0.15) is 0 Å². The molecule has 1 fully saturated rings. The molecule has 1 aliphatic heterocycles. The maximum absolute atomic E-state index is 6.27. The van der Waals surface area contributed by atoms with Crippen LogP contribution in [-0.2, 0) is 0 Å². The number of nitrogens with one attached hydrogen (secondary N) is 2. The summed E-state index contributed by atoms with van der Waals surface area (Å²) in [6.45, 7) is 8.50. The number of hydrogen-bond acceptors (Lipinski definition) is 3. The Morgan fingerprint density at radius 2 is 1.72 bits per heavy atom. The van der Waals surface area contributed by atoms with E-state index in [1.807, 2.05) is 6.92 Å². The van der Waals surface area contributed by atoms with Gasteiger partial charge in [0.1, 0.15) is 6.04 Å². The van der Waals surface area contributed by atoms with Crippen LogP contribution in [0.5, 0.6) is 0 Å². The molecule has 1 aliphatic carbocycles. The van der Waals surface area contributed by atoms with Gasteiger partial charge in [0.2, 0.25) is 0 Å². The normalized spacial score (nSPS) is 36.6. The molecule has 0 spiro atoms. The summed E-state index contributed by atoms with van der Waals surface area (Å²) in [5, 5.41) is 7.17. The van der Waals surface area contributed by atoms with Crippen molar-refractivity contribution in [2.75, 3.05) is 0 Å². The zero-order valence-corrected chi connectivity index (χ0v) is 11.7. The molecule has 4 nitrogen and oxygen atoms in total. The Morgan fingerprint density at radius 1 is 1.17 bits per heavy atom. The maximum Gasteiger partial charge on any atom is 0.131 e.